The number of fused-ring (bicyclic) bond motifs is 13. The largest absolute Gasteiger partial charge is 0.458 e. The third kappa shape index (κ3) is 8.89. The number of hydrogen-bond donors (Lipinski definition) is 0. The molecule has 0 aliphatic carbocycles. The predicted octanol–water partition coefficient (Wildman–Crippen LogP) is 20.7. The van der Waals surface area contributed by atoms with Gasteiger partial charge in [0.15, 0.2) is 0 Å². The maximum absolute atomic E-state index is 7.61. The van der Waals surface area contributed by atoms with Crippen molar-refractivity contribution < 1.29 is 4.74 Å². The Balaban J connectivity index is 1.17. The van der Waals surface area contributed by atoms with Crippen LogP contribution in [0.1, 0.15) is 184 Å². The molecule has 5 heteroatoms. The molecule has 9 aromatic carbocycles. The Morgan fingerprint density at radius 3 is 1.01 bits per heavy atom. The highest BCUT2D eigenvalue weighted by Crippen LogP contribution is 2.49. The first-order chi connectivity index (χ1) is 40.6. The van der Waals surface area contributed by atoms with Gasteiger partial charge in [-0.2, -0.15) is 0 Å². The number of aromatic nitrogens is 3. The summed E-state index contributed by atoms with van der Waals surface area (Å²) in [5.74, 6) is 1.82. The average molecular weight is 1140 g/mol. The van der Waals surface area contributed by atoms with E-state index in [0.717, 1.165) is 34.0 Å². The number of nitrogens with zero attached hydrogens (tertiary/aromatic N) is 3. The summed E-state index contributed by atoms with van der Waals surface area (Å²) in [7, 11) is 0. The molecular formula is C82H88BN3O. The van der Waals surface area contributed by atoms with Gasteiger partial charge in [-0.1, -0.05) is 200 Å². The summed E-state index contributed by atoms with van der Waals surface area (Å²) in [5.41, 5.74) is 25.5. The number of benzene rings is 9. The lowest BCUT2D eigenvalue weighted by atomic mass is 9.34. The van der Waals surface area contributed by atoms with Crippen molar-refractivity contribution in [1.29, 1.82) is 0 Å². The minimum atomic E-state index is -0.0973. The Hall–Kier alpha value is -7.76. The average Bonchev–Trinajstić information content (AvgIpc) is 1.65. The van der Waals surface area contributed by atoms with Crippen LogP contribution in [0.5, 0.6) is 11.5 Å². The second kappa shape index (κ2) is 18.4. The van der Waals surface area contributed by atoms with Gasteiger partial charge in [0.05, 0.1) is 39.0 Å². The Morgan fingerprint density at radius 1 is 0.287 bits per heavy atom. The van der Waals surface area contributed by atoms with E-state index in [1.54, 1.807) is 0 Å². The second-order valence-electron chi connectivity index (χ2n) is 33.2. The summed E-state index contributed by atoms with van der Waals surface area (Å²) in [5, 5.41) is 7.66. The minimum absolute atomic E-state index is 0.0436. The van der Waals surface area contributed by atoms with Crippen LogP contribution in [0.2, 0.25) is 0 Å². The highest BCUT2D eigenvalue weighted by atomic mass is 16.5. The van der Waals surface area contributed by atoms with Gasteiger partial charge in [0.2, 0.25) is 0 Å². The topological polar surface area (TPSA) is 24.0 Å². The lowest BCUT2D eigenvalue weighted by Crippen LogP contribution is -2.58. The molecule has 0 spiro atoms. The van der Waals surface area contributed by atoms with Gasteiger partial charge in [0.1, 0.15) is 11.5 Å². The third-order valence-corrected chi connectivity index (χ3v) is 19.8. The molecule has 440 valence electrons. The molecule has 3 aromatic heterocycles. The van der Waals surface area contributed by atoms with Crippen molar-refractivity contribution in [1.82, 2.24) is 13.7 Å². The molecule has 87 heavy (non-hydrogen) atoms. The molecule has 0 amide bonds. The Morgan fingerprint density at radius 2 is 0.621 bits per heavy atom. The van der Waals surface area contributed by atoms with Crippen LogP contribution in [-0.2, 0) is 37.9 Å². The predicted molar refractivity (Wildman–Crippen MR) is 377 cm³/mol. The van der Waals surface area contributed by atoms with E-state index in [9.17, 15) is 0 Å². The molecule has 4 nitrogen and oxygen atoms in total. The Bertz CT molecular complexity index is 4610. The van der Waals surface area contributed by atoms with Crippen molar-refractivity contribution in [2.24, 2.45) is 0 Å². The fourth-order valence-corrected chi connectivity index (χ4v) is 14.4. The first-order valence-corrected chi connectivity index (χ1v) is 32.0. The van der Waals surface area contributed by atoms with E-state index in [4.69, 9.17) is 4.74 Å². The molecule has 0 saturated heterocycles. The zero-order chi connectivity index (χ0) is 61.9. The van der Waals surface area contributed by atoms with Crippen molar-refractivity contribution in [3.05, 3.63) is 191 Å². The van der Waals surface area contributed by atoms with Crippen molar-refractivity contribution >= 4 is 88.5 Å². The standard InChI is InChI=1S/C82H88BN3O/c1-76(2,3)48-25-31-63-55(39-48)56-40-49(77(4,5)6)26-32-64(56)84(63)68-23-22-24-69(85-65-33-27-50(78(7,8)9)41-57(65)58-42-51(79(10,11)12)28-34-66(58)85)73(68)47-37-70-74-72(38-47)87-71-36-30-53(81(16,17)18)45-61(71)83(74)62-46-54(82(19,20)21)44-60-59-43-52(80(13,14)15)29-35-67(59)86(70)75(60)62/h22-46H,1-21H3. The molecule has 2 aliphatic rings. The fourth-order valence-electron chi connectivity index (χ4n) is 14.4. The highest BCUT2D eigenvalue weighted by molar-refractivity contribution is 6.99. The van der Waals surface area contributed by atoms with Crippen LogP contribution in [0.4, 0.5) is 0 Å². The van der Waals surface area contributed by atoms with E-state index in [0.29, 0.717) is 0 Å². The van der Waals surface area contributed by atoms with Crippen molar-refractivity contribution in [3.63, 3.8) is 0 Å². The number of rotatable bonds is 3. The van der Waals surface area contributed by atoms with E-state index in [1.807, 2.05) is 0 Å². The van der Waals surface area contributed by atoms with E-state index in [1.165, 1.54) is 126 Å². The van der Waals surface area contributed by atoms with Crippen LogP contribution in [0, 0.1) is 0 Å². The van der Waals surface area contributed by atoms with Gasteiger partial charge < -0.3 is 18.4 Å². The van der Waals surface area contributed by atoms with E-state index in [-0.39, 0.29) is 44.6 Å². The number of hydrogen-bond acceptors (Lipinski definition) is 1. The van der Waals surface area contributed by atoms with E-state index >= 15 is 0 Å². The van der Waals surface area contributed by atoms with Crippen LogP contribution in [0.3, 0.4) is 0 Å². The Labute approximate surface area is 517 Å². The first kappa shape index (κ1) is 57.0. The smallest absolute Gasteiger partial charge is 0.256 e. The summed E-state index contributed by atoms with van der Waals surface area (Å²) in [6, 6.07) is 60.4. The van der Waals surface area contributed by atoms with Gasteiger partial charge in [-0.05, 0) is 196 Å². The molecule has 5 heterocycles. The van der Waals surface area contributed by atoms with Crippen LogP contribution < -0.4 is 21.1 Å². The summed E-state index contributed by atoms with van der Waals surface area (Å²) in [6.45, 7) is 49.0. The lowest BCUT2D eigenvalue weighted by molar-refractivity contribution is 0.486. The van der Waals surface area contributed by atoms with Gasteiger partial charge in [0, 0.05) is 49.1 Å². The molecule has 0 N–H and O–H groups in total. The zero-order valence-corrected chi connectivity index (χ0v) is 55.8. The van der Waals surface area contributed by atoms with Gasteiger partial charge in [-0.3, -0.25) is 0 Å². The second-order valence-corrected chi connectivity index (χ2v) is 33.2. The highest BCUT2D eigenvalue weighted by Gasteiger charge is 2.43. The maximum Gasteiger partial charge on any atom is 0.256 e. The number of ether oxygens (including phenoxy) is 1. The zero-order valence-electron chi connectivity index (χ0n) is 55.8. The van der Waals surface area contributed by atoms with Gasteiger partial charge in [-0.25, -0.2) is 0 Å². The van der Waals surface area contributed by atoms with Crippen molar-refractivity contribution in [2.45, 2.75) is 183 Å². The summed E-state index contributed by atoms with van der Waals surface area (Å²) < 4.78 is 15.4. The fraction of sp³-hybridized carbons (Fsp3) is 0.341. The summed E-state index contributed by atoms with van der Waals surface area (Å²) in [6.07, 6.45) is 0. The molecule has 0 fully saturated rings. The molecule has 14 rings (SSSR count). The Kier molecular flexibility index (Phi) is 12.1. The molecule has 0 unspecified atom stereocenters. The summed E-state index contributed by atoms with van der Waals surface area (Å²) >= 11 is 0. The molecule has 12 aromatic rings. The molecular weight excluding hydrogens is 1050 g/mol. The molecule has 0 atom stereocenters. The van der Waals surface area contributed by atoms with Gasteiger partial charge in [0.25, 0.3) is 6.71 Å². The third-order valence-electron chi connectivity index (χ3n) is 19.8. The van der Waals surface area contributed by atoms with Crippen LogP contribution in [0.25, 0.3) is 93.6 Å². The summed E-state index contributed by atoms with van der Waals surface area (Å²) in [4.78, 5) is 0. The SMILES string of the molecule is CC(C)(C)c1ccc2c(c1)B1c3c(cc(-c4c(-n5c6ccc(C(C)(C)C)cc6c6cc(C(C)(C)C)ccc65)cccc4-n4c5ccc(C(C)(C)C)cc5c5cc(C(C)(C)C)ccc54)cc3-n3c4ccc(C(C)(C)C)cc4c4cc(C(C)(C)C)cc1c43)O2. The van der Waals surface area contributed by atoms with Gasteiger partial charge >= 0.3 is 0 Å². The van der Waals surface area contributed by atoms with Crippen LogP contribution >= 0.6 is 0 Å². The van der Waals surface area contributed by atoms with Crippen molar-refractivity contribution in [2.75, 3.05) is 0 Å². The van der Waals surface area contributed by atoms with Crippen LogP contribution in [0.15, 0.2) is 152 Å². The molecule has 0 saturated carbocycles. The van der Waals surface area contributed by atoms with E-state index < -0.39 is 0 Å². The lowest BCUT2D eigenvalue weighted by Gasteiger charge is -2.35. The minimum Gasteiger partial charge on any atom is -0.458 e. The quantitative estimate of drug-likeness (QED) is 0.162. The van der Waals surface area contributed by atoms with Crippen LogP contribution in [-0.4, -0.2) is 20.4 Å². The normalized spacial score (nSPS) is 14.1. The van der Waals surface area contributed by atoms with Gasteiger partial charge in [-0.15, -0.1) is 0 Å². The first-order valence-electron chi connectivity index (χ1n) is 32.0. The molecule has 0 radical (unpaired) electrons. The monoisotopic (exact) mass is 1140 g/mol. The van der Waals surface area contributed by atoms with E-state index in [2.05, 4.69) is 311 Å². The van der Waals surface area contributed by atoms with Crippen molar-refractivity contribution in [3.8, 4) is 39.7 Å². The molecule has 2 aliphatic heterocycles. The molecule has 0 bridgehead atoms. The maximum atomic E-state index is 7.61.